The molecule has 0 saturated carbocycles. The summed E-state index contributed by atoms with van der Waals surface area (Å²) in [6, 6.07) is 6.44. The number of aromatic nitrogens is 5. The first-order valence-electron chi connectivity index (χ1n) is 9.32. The molecule has 6 nitrogen and oxygen atoms in total. The Labute approximate surface area is 162 Å². The third kappa shape index (κ3) is 2.24. The van der Waals surface area contributed by atoms with Gasteiger partial charge in [-0.05, 0) is 63.9 Å². The predicted molar refractivity (Wildman–Crippen MR) is 110 cm³/mol. The van der Waals surface area contributed by atoms with E-state index in [1.165, 1.54) is 5.56 Å². The van der Waals surface area contributed by atoms with Crippen LogP contribution in [-0.4, -0.2) is 25.3 Å². The zero-order chi connectivity index (χ0) is 19.6. The molecule has 0 fully saturated rings. The molecular weight excluding hydrogens is 350 g/mol. The first-order chi connectivity index (χ1) is 13.5. The molecule has 5 aromatic rings. The topological polar surface area (TPSA) is 83.4 Å². The highest BCUT2D eigenvalue weighted by Crippen LogP contribution is 2.39. The molecule has 28 heavy (non-hydrogen) atoms. The fourth-order valence-electron chi connectivity index (χ4n) is 4.23. The van der Waals surface area contributed by atoms with Crippen molar-refractivity contribution in [1.29, 1.82) is 0 Å². The molecule has 0 aliphatic heterocycles. The van der Waals surface area contributed by atoms with E-state index in [1.807, 2.05) is 40.0 Å². The second-order valence-corrected chi connectivity index (χ2v) is 7.43. The van der Waals surface area contributed by atoms with Crippen LogP contribution in [0.25, 0.3) is 44.2 Å². The van der Waals surface area contributed by atoms with Crippen molar-refractivity contribution in [3.63, 3.8) is 0 Å². The van der Waals surface area contributed by atoms with Gasteiger partial charge in [0.2, 0.25) is 0 Å². The van der Waals surface area contributed by atoms with Crippen LogP contribution in [0.2, 0.25) is 0 Å². The van der Waals surface area contributed by atoms with Crippen molar-refractivity contribution in [1.82, 2.24) is 25.3 Å². The Bertz CT molecular complexity index is 1330. The van der Waals surface area contributed by atoms with Crippen molar-refractivity contribution in [3.05, 3.63) is 52.8 Å². The molecule has 0 aliphatic carbocycles. The molecule has 0 aliphatic rings. The monoisotopic (exact) mass is 371 g/mol. The number of aromatic amines is 2. The number of aryl methyl sites for hydroxylation is 5. The summed E-state index contributed by atoms with van der Waals surface area (Å²) in [6.45, 7) is 10.1. The average molecular weight is 371 g/mol. The second-order valence-electron chi connectivity index (χ2n) is 7.43. The van der Waals surface area contributed by atoms with Crippen molar-refractivity contribution in [3.8, 4) is 22.4 Å². The molecule has 4 aromatic heterocycles. The number of fused-ring (bicyclic) bond motifs is 3. The van der Waals surface area contributed by atoms with Crippen LogP contribution in [-0.2, 0) is 0 Å². The summed E-state index contributed by atoms with van der Waals surface area (Å²) in [5.74, 6) is 0.836. The van der Waals surface area contributed by atoms with Crippen LogP contribution in [0.1, 0.15) is 28.4 Å². The molecular formula is C22H21N5O. The number of hydrogen-bond donors (Lipinski definition) is 2. The van der Waals surface area contributed by atoms with Crippen molar-refractivity contribution >= 4 is 21.8 Å². The largest absolute Gasteiger partial charge is 0.361 e. The molecule has 0 unspecified atom stereocenters. The molecule has 2 N–H and O–H groups in total. The molecule has 0 saturated heterocycles. The lowest BCUT2D eigenvalue weighted by Crippen LogP contribution is -1.89. The SMILES string of the molecule is Cc1cc2c(cc1-c1c(C)noc1C)[nH]c1ccnc(-c3c(C)n[nH]c3C)c12. The standard InChI is InChI=1S/C22H21N5O/c1-10-8-16-18(9-15(10)20-13(4)27-28-14(20)5)24-17-6-7-23-22(21(16)17)19-11(2)25-26-12(19)3/h6-9,24H,1-5H3,(H,25,26). The summed E-state index contributed by atoms with van der Waals surface area (Å²) in [5.41, 5.74) is 10.4. The van der Waals surface area contributed by atoms with E-state index in [9.17, 15) is 0 Å². The maximum atomic E-state index is 5.39. The average Bonchev–Trinajstić information content (AvgIpc) is 3.30. The Morgan fingerprint density at radius 1 is 0.929 bits per heavy atom. The smallest absolute Gasteiger partial charge is 0.141 e. The van der Waals surface area contributed by atoms with Crippen molar-refractivity contribution in [2.45, 2.75) is 34.6 Å². The molecule has 0 amide bonds. The van der Waals surface area contributed by atoms with E-state index in [0.29, 0.717) is 0 Å². The minimum atomic E-state index is 0.836. The summed E-state index contributed by atoms with van der Waals surface area (Å²) in [6.07, 6.45) is 1.85. The normalized spacial score (nSPS) is 11.8. The molecule has 140 valence electrons. The molecule has 1 aromatic carbocycles. The van der Waals surface area contributed by atoms with Crippen molar-refractivity contribution < 1.29 is 4.52 Å². The Morgan fingerprint density at radius 3 is 2.43 bits per heavy atom. The number of hydrogen-bond acceptors (Lipinski definition) is 4. The summed E-state index contributed by atoms with van der Waals surface area (Å²) < 4.78 is 5.39. The second kappa shape index (κ2) is 5.79. The number of H-pyrrole nitrogens is 2. The highest BCUT2D eigenvalue weighted by atomic mass is 16.5. The quantitative estimate of drug-likeness (QED) is 0.441. The van der Waals surface area contributed by atoms with Crippen molar-refractivity contribution in [2.75, 3.05) is 0 Å². The van der Waals surface area contributed by atoms with Gasteiger partial charge in [0.05, 0.1) is 22.6 Å². The van der Waals surface area contributed by atoms with Gasteiger partial charge in [0.25, 0.3) is 0 Å². The minimum absolute atomic E-state index is 0.836. The fourth-order valence-corrected chi connectivity index (χ4v) is 4.23. The molecule has 6 heteroatoms. The van der Waals surface area contributed by atoms with Gasteiger partial charge in [0.15, 0.2) is 0 Å². The van der Waals surface area contributed by atoms with Crippen LogP contribution in [0, 0.1) is 34.6 Å². The van der Waals surface area contributed by atoms with Crippen LogP contribution in [0.15, 0.2) is 28.9 Å². The van der Waals surface area contributed by atoms with Crippen LogP contribution in [0.3, 0.4) is 0 Å². The molecule has 4 heterocycles. The van der Waals surface area contributed by atoms with Gasteiger partial charge < -0.3 is 9.51 Å². The lowest BCUT2D eigenvalue weighted by Gasteiger charge is -2.07. The molecule has 0 bridgehead atoms. The first-order valence-corrected chi connectivity index (χ1v) is 9.32. The van der Waals surface area contributed by atoms with E-state index < -0.39 is 0 Å². The van der Waals surface area contributed by atoms with E-state index in [1.54, 1.807) is 0 Å². The van der Waals surface area contributed by atoms with Gasteiger partial charge in [0, 0.05) is 39.3 Å². The molecule has 0 radical (unpaired) electrons. The van der Waals surface area contributed by atoms with E-state index in [2.05, 4.69) is 39.4 Å². The van der Waals surface area contributed by atoms with Crippen LogP contribution < -0.4 is 0 Å². The lowest BCUT2D eigenvalue weighted by atomic mass is 9.96. The maximum Gasteiger partial charge on any atom is 0.141 e. The molecule has 0 spiro atoms. The van der Waals surface area contributed by atoms with Crippen LogP contribution >= 0.6 is 0 Å². The van der Waals surface area contributed by atoms with Gasteiger partial charge in [-0.15, -0.1) is 0 Å². The summed E-state index contributed by atoms with van der Waals surface area (Å²) in [7, 11) is 0. The lowest BCUT2D eigenvalue weighted by molar-refractivity contribution is 0.393. The Hall–Kier alpha value is -3.41. The molecule has 5 rings (SSSR count). The summed E-state index contributed by atoms with van der Waals surface area (Å²) >= 11 is 0. The van der Waals surface area contributed by atoms with Crippen molar-refractivity contribution in [2.24, 2.45) is 0 Å². The van der Waals surface area contributed by atoms with E-state index in [-0.39, 0.29) is 0 Å². The van der Waals surface area contributed by atoms with E-state index in [4.69, 9.17) is 9.51 Å². The number of nitrogens with zero attached hydrogens (tertiary/aromatic N) is 3. The zero-order valence-corrected chi connectivity index (χ0v) is 16.6. The first kappa shape index (κ1) is 16.7. The fraction of sp³-hybridized carbons (Fsp3) is 0.227. The van der Waals surface area contributed by atoms with Gasteiger partial charge in [-0.3, -0.25) is 10.1 Å². The maximum absolute atomic E-state index is 5.39. The number of rotatable bonds is 2. The number of pyridine rings is 1. The third-order valence-electron chi connectivity index (χ3n) is 5.52. The van der Waals surface area contributed by atoms with E-state index >= 15 is 0 Å². The van der Waals surface area contributed by atoms with Gasteiger partial charge >= 0.3 is 0 Å². The minimum Gasteiger partial charge on any atom is -0.361 e. The third-order valence-corrected chi connectivity index (χ3v) is 5.52. The van der Waals surface area contributed by atoms with E-state index in [0.717, 1.165) is 67.0 Å². The zero-order valence-electron chi connectivity index (χ0n) is 16.6. The van der Waals surface area contributed by atoms with Gasteiger partial charge in [-0.1, -0.05) is 5.16 Å². The Balaban J connectivity index is 1.85. The summed E-state index contributed by atoms with van der Waals surface area (Å²) in [4.78, 5) is 8.28. The predicted octanol–water partition coefficient (Wildman–Crippen LogP) is 5.30. The number of benzene rings is 1. The summed E-state index contributed by atoms with van der Waals surface area (Å²) in [5, 5.41) is 13.8. The Morgan fingerprint density at radius 2 is 1.75 bits per heavy atom. The highest BCUT2D eigenvalue weighted by Gasteiger charge is 2.19. The van der Waals surface area contributed by atoms with Crippen LogP contribution in [0.5, 0.6) is 0 Å². The van der Waals surface area contributed by atoms with Crippen LogP contribution in [0.4, 0.5) is 0 Å². The van der Waals surface area contributed by atoms with Gasteiger partial charge in [-0.25, -0.2) is 0 Å². The van der Waals surface area contributed by atoms with Gasteiger partial charge in [0.1, 0.15) is 5.76 Å². The van der Waals surface area contributed by atoms with Gasteiger partial charge in [-0.2, -0.15) is 5.10 Å². The molecule has 0 atom stereocenters. The number of nitrogens with one attached hydrogen (secondary N) is 2. The Kier molecular flexibility index (Phi) is 3.46. The highest BCUT2D eigenvalue weighted by molar-refractivity contribution is 6.14.